The molecule has 122 valence electrons. The van der Waals surface area contributed by atoms with E-state index < -0.39 is 0 Å². The van der Waals surface area contributed by atoms with Crippen LogP contribution in [0.5, 0.6) is 0 Å². The van der Waals surface area contributed by atoms with E-state index >= 15 is 0 Å². The van der Waals surface area contributed by atoms with Gasteiger partial charge in [0.1, 0.15) is 11.4 Å². The molecule has 1 N–H and O–H groups in total. The number of ether oxygens (including phenoxy) is 1. The number of hydrogen-bond acceptors (Lipinski definition) is 5. The van der Waals surface area contributed by atoms with Gasteiger partial charge in [0, 0.05) is 23.5 Å². The highest BCUT2D eigenvalue weighted by Crippen LogP contribution is 2.49. The van der Waals surface area contributed by atoms with Gasteiger partial charge in [0.2, 0.25) is 0 Å². The summed E-state index contributed by atoms with van der Waals surface area (Å²) in [6.07, 6.45) is 4.65. The summed E-state index contributed by atoms with van der Waals surface area (Å²) in [5, 5.41) is 3.67. The Bertz CT molecular complexity index is 734. The summed E-state index contributed by atoms with van der Waals surface area (Å²) >= 11 is 7.97. The van der Waals surface area contributed by atoms with Crippen LogP contribution in [0.1, 0.15) is 47.8 Å². The second-order valence-corrected chi connectivity index (χ2v) is 8.24. The number of rotatable bonds is 1. The summed E-state index contributed by atoms with van der Waals surface area (Å²) in [6, 6.07) is 4.65. The van der Waals surface area contributed by atoms with Gasteiger partial charge in [-0.15, -0.1) is 11.3 Å². The number of halogens is 1. The van der Waals surface area contributed by atoms with Crippen LogP contribution in [-0.4, -0.2) is 22.6 Å². The lowest BCUT2D eigenvalue weighted by atomic mass is 9.79. The van der Waals surface area contributed by atoms with Crippen molar-refractivity contribution in [1.29, 1.82) is 0 Å². The molecule has 23 heavy (non-hydrogen) atoms. The normalized spacial score (nSPS) is 30.4. The number of thiophene rings is 1. The SMILES string of the molecule is Cc1nccc([C@@H]2C[C@]3(C[C@H](C)N2)OCCc2cc(Cl)sc23)n1. The van der Waals surface area contributed by atoms with E-state index in [-0.39, 0.29) is 11.6 Å². The fraction of sp³-hybridized carbons (Fsp3) is 0.529. The minimum atomic E-state index is -0.237. The molecule has 0 amide bonds. The molecule has 0 radical (unpaired) electrons. The summed E-state index contributed by atoms with van der Waals surface area (Å²) in [6.45, 7) is 4.91. The summed E-state index contributed by atoms with van der Waals surface area (Å²) in [5.74, 6) is 0.806. The van der Waals surface area contributed by atoms with Gasteiger partial charge < -0.3 is 10.1 Å². The quantitative estimate of drug-likeness (QED) is 0.851. The van der Waals surface area contributed by atoms with E-state index in [0.717, 1.165) is 41.7 Å². The van der Waals surface area contributed by atoms with Crippen molar-refractivity contribution in [2.75, 3.05) is 6.61 Å². The van der Waals surface area contributed by atoms with Gasteiger partial charge in [-0.3, -0.25) is 0 Å². The molecule has 1 fully saturated rings. The Morgan fingerprint density at radius 1 is 1.43 bits per heavy atom. The first-order chi connectivity index (χ1) is 11.1. The lowest BCUT2D eigenvalue weighted by Gasteiger charge is -2.46. The lowest BCUT2D eigenvalue weighted by molar-refractivity contribution is -0.0958. The van der Waals surface area contributed by atoms with Crippen LogP contribution < -0.4 is 5.32 Å². The van der Waals surface area contributed by atoms with Crippen LogP contribution >= 0.6 is 22.9 Å². The molecule has 2 aliphatic heterocycles. The Morgan fingerprint density at radius 2 is 2.30 bits per heavy atom. The molecule has 1 spiro atoms. The number of aromatic nitrogens is 2. The summed E-state index contributed by atoms with van der Waals surface area (Å²) in [7, 11) is 0. The zero-order valence-electron chi connectivity index (χ0n) is 13.3. The molecule has 0 bridgehead atoms. The highest BCUT2D eigenvalue weighted by molar-refractivity contribution is 7.16. The molecule has 1 saturated heterocycles. The molecule has 2 aromatic rings. The van der Waals surface area contributed by atoms with E-state index in [0.29, 0.717) is 6.04 Å². The van der Waals surface area contributed by atoms with E-state index in [1.165, 1.54) is 10.4 Å². The molecule has 2 aliphatic rings. The Hall–Kier alpha value is -1.01. The van der Waals surface area contributed by atoms with Gasteiger partial charge in [-0.2, -0.15) is 0 Å². The standard InChI is InChI=1S/C17H20ClN3OS/c1-10-8-17(16-12(4-6-22-17)7-15(18)23-16)9-14(20-10)13-3-5-19-11(2)21-13/h3,5,7,10,14,20H,4,6,8-9H2,1-2H3/t10-,14-,17-/m0/s1. The molecule has 0 saturated carbocycles. The third-order valence-corrected chi connectivity index (χ3v) is 6.24. The van der Waals surface area contributed by atoms with E-state index in [4.69, 9.17) is 16.3 Å². The minimum absolute atomic E-state index is 0.173. The molecular weight excluding hydrogens is 330 g/mol. The van der Waals surface area contributed by atoms with E-state index in [9.17, 15) is 0 Å². The maximum Gasteiger partial charge on any atom is 0.125 e. The zero-order chi connectivity index (χ0) is 16.0. The van der Waals surface area contributed by atoms with Gasteiger partial charge >= 0.3 is 0 Å². The van der Waals surface area contributed by atoms with Crippen molar-refractivity contribution in [3.63, 3.8) is 0 Å². The van der Waals surface area contributed by atoms with E-state index in [1.807, 2.05) is 19.2 Å². The number of nitrogens with one attached hydrogen (secondary N) is 1. The van der Waals surface area contributed by atoms with Gasteiger partial charge in [-0.05, 0) is 44.4 Å². The molecule has 4 rings (SSSR count). The largest absolute Gasteiger partial charge is 0.369 e. The van der Waals surface area contributed by atoms with Gasteiger partial charge in [0.25, 0.3) is 0 Å². The minimum Gasteiger partial charge on any atom is -0.369 e. The third-order valence-electron chi connectivity index (χ3n) is 4.75. The number of aryl methyl sites for hydroxylation is 1. The van der Waals surface area contributed by atoms with Crippen molar-refractivity contribution in [1.82, 2.24) is 15.3 Å². The van der Waals surface area contributed by atoms with Crippen LogP contribution in [0, 0.1) is 6.92 Å². The maximum absolute atomic E-state index is 6.37. The molecule has 2 aromatic heterocycles. The van der Waals surface area contributed by atoms with Crippen molar-refractivity contribution < 1.29 is 4.74 Å². The summed E-state index contributed by atoms with van der Waals surface area (Å²) in [5.41, 5.74) is 2.17. The molecule has 4 heterocycles. The smallest absolute Gasteiger partial charge is 0.125 e. The molecule has 6 heteroatoms. The number of hydrogen-bond donors (Lipinski definition) is 1. The first-order valence-electron chi connectivity index (χ1n) is 8.04. The van der Waals surface area contributed by atoms with Crippen LogP contribution in [-0.2, 0) is 16.8 Å². The van der Waals surface area contributed by atoms with Crippen molar-refractivity contribution in [3.8, 4) is 0 Å². The fourth-order valence-electron chi connectivity index (χ4n) is 3.92. The van der Waals surface area contributed by atoms with E-state index in [2.05, 4.69) is 28.3 Å². The zero-order valence-corrected chi connectivity index (χ0v) is 14.9. The highest BCUT2D eigenvalue weighted by Gasteiger charge is 2.46. The molecular formula is C17H20ClN3OS. The van der Waals surface area contributed by atoms with Gasteiger partial charge in [0.05, 0.1) is 22.7 Å². The second kappa shape index (κ2) is 5.81. The molecule has 0 unspecified atom stereocenters. The monoisotopic (exact) mass is 349 g/mol. The van der Waals surface area contributed by atoms with Crippen molar-refractivity contribution in [2.45, 2.75) is 50.8 Å². The fourth-order valence-corrected chi connectivity index (χ4v) is 5.38. The summed E-state index contributed by atoms with van der Waals surface area (Å²) < 4.78 is 7.23. The van der Waals surface area contributed by atoms with Crippen LogP contribution in [0.15, 0.2) is 18.3 Å². The number of nitrogens with zero attached hydrogens (tertiary/aromatic N) is 2. The topological polar surface area (TPSA) is 47.0 Å². The second-order valence-electron chi connectivity index (χ2n) is 6.55. The Morgan fingerprint density at radius 3 is 3.13 bits per heavy atom. The lowest BCUT2D eigenvalue weighted by Crippen LogP contribution is -2.49. The molecule has 4 nitrogen and oxygen atoms in total. The van der Waals surface area contributed by atoms with Crippen LogP contribution in [0.3, 0.4) is 0 Å². The Balaban J connectivity index is 1.73. The summed E-state index contributed by atoms with van der Waals surface area (Å²) in [4.78, 5) is 10.1. The highest BCUT2D eigenvalue weighted by atomic mass is 35.5. The molecule has 0 aliphatic carbocycles. The number of fused-ring (bicyclic) bond motifs is 2. The van der Waals surface area contributed by atoms with Gasteiger partial charge in [-0.1, -0.05) is 11.6 Å². The van der Waals surface area contributed by atoms with Crippen LogP contribution in [0.25, 0.3) is 0 Å². The Labute approximate surface area is 145 Å². The predicted molar refractivity (Wildman–Crippen MR) is 92.0 cm³/mol. The average Bonchev–Trinajstić information content (AvgIpc) is 2.89. The molecule has 3 atom stereocenters. The first-order valence-corrected chi connectivity index (χ1v) is 9.23. The van der Waals surface area contributed by atoms with E-state index in [1.54, 1.807) is 11.3 Å². The average molecular weight is 350 g/mol. The first kappa shape index (κ1) is 15.5. The van der Waals surface area contributed by atoms with Crippen LogP contribution in [0.4, 0.5) is 0 Å². The predicted octanol–water partition coefficient (Wildman–Crippen LogP) is 3.78. The number of piperidine rings is 1. The van der Waals surface area contributed by atoms with Crippen molar-refractivity contribution >= 4 is 22.9 Å². The maximum atomic E-state index is 6.37. The van der Waals surface area contributed by atoms with Crippen molar-refractivity contribution in [3.05, 3.63) is 44.6 Å². The Kier molecular flexibility index (Phi) is 3.92. The van der Waals surface area contributed by atoms with Gasteiger partial charge in [0.15, 0.2) is 0 Å². The van der Waals surface area contributed by atoms with Crippen molar-refractivity contribution in [2.24, 2.45) is 0 Å². The van der Waals surface area contributed by atoms with Gasteiger partial charge in [-0.25, -0.2) is 9.97 Å². The molecule has 0 aromatic carbocycles. The third kappa shape index (κ3) is 2.80. The van der Waals surface area contributed by atoms with Crippen LogP contribution in [0.2, 0.25) is 4.34 Å².